The van der Waals surface area contributed by atoms with Gasteiger partial charge < -0.3 is 14.8 Å². The lowest BCUT2D eigenvalue weighted by atomic mass is 10.0. The van der Waals surface area contributed by atoms with Crippen LogP contribution in [0.15, 0.2) is 24.3 Å². The van der Waals surface area contributed by atoms with E-state index in [0.29, 0.717) is 6.04 Å². The minimum absolute atomic E-state index is 0.325. The summed E-state index contributed by atoms with van der Waals surface area (Å²) in [5, 5.41) is 3.46. The molecule has 0 aliphatic heterocycles. The van der Waals surface area contributed by atoms with E-state index in [1.54, 1.807) is 14.2 Å². The maximum Gasteiger partial charge on any atom is 0.123 e. The lowest BCUT2D eigenvalue weighted by molar-refractivity contribution is 0.195. The number of ether oxygens (including phenoxy) is 2. The third-order valence-corrected chi connectivity index (χ3v) is 2.62. The normalized spacial score (nSPS) is 12.4. The first-order valence-corrected chi connectivity index (χ1v) is 5.68. The highest BCUT2D eigenvalue weighted by molar-refractivity contribution is 5.35. The minimum atomic E-state index is 0.325. The van der Waals surface area contributed by atoms with Crippen LogP contribution in [0.1, 0.15) is 24.9 Å². The lowest BCUT2D eigenvalue weighted by Crippen LogP contribution is -2.24. The van der Waals surface area contributed by atoms with Crippen molar-refractivity contribution >= 4 is 0 Å². The summed E-state index contributed by atoms with van der Waals surface area (Å²) in [6.07, 6.45) is 1.03. The second-order valence-electron chi connectivity index (χ2n) is 3.65. The highest BCUT2D eigenvalue weighted by Crippen LogP contribution is 2.26. The summed E-state index contributed by atoms with van der Waals surface area (Å²) < 4.78 is 10.4. The van der Waals surface area contributed by atoms with Crippen LogP contribution in [-0.2, 0) is 4.74 Å². The molecule has 1 aromatic rings. The van der Waals surface area contributed by atoms with Crippen molar-refractivity contribution in [3.63, 3.8) is 0 Å². The van der Waals surface area contributed by atoms with Crippen LogP contribution >= 0.6 is 0 Å². The van der Waals surface area contributed by atoms with E-state index in [-0.39, 0.29) is 0 Å². The van der Waals surface area contributed by atoms with E-state index in [0.717, 1.165) is 25.3 Å². The first kappa shape index (κ1) is 13.0. The number of nitrogens with one attached hydrogen (secondary N) is 1. The van der Waals surface area contributed by atoms with Crippen molar-refractivity contribution in [3.05, 3.63) is 29.8 Å². The number of rotatable bonds is 7. The van der Waals surface area contributed by atoms with Gasteiger partial charge in [0.1, 0.15) is 5.75 Å². The largest absolute Gasteiger partial charge is 0.496 e. The number of para-hydroxylation sites is 1. The first-order valence-electron chi connectivity index (χ1n) is 5.68. The Morgan fingerprint density at radius 1 is 1.25 bits per heavy atom. The summed E-state index contributed by atoms with van der Waals surface area (Å²) in [6, 6.07) is 8.46. The molecule has 0 heterocycles. The van der Waals surface area contributed by atoms with E-state index in [9.17, 15) is 0 Å². The molecule has 16 heavy (non-hydrogen) atoms. The van der Waals surface area contributed by atoms with E-state index < -0.39 is 0 Å². The molecule has 3 heteroatoms. The van der Waals surface area contributed by atoms with Crippen LogP contribution in [0.2, 0.25) is 0 Å². The zero-order valence-electron chi connectivity index (χ0n) is 10.3. The van der Waals surface area contributed by atoms with E-state index in [4.69, 9.17) is 9.47 Å². The molecule has 1 aromatic carbocycles. The Morgan fingerprint density at radius 3 is 2.62 bits per heavy atom. The molecule has 0 amide bonds. The fourth-order valence-corrected chi connectivity index (χ4v) is 1.76. The monoisotopic (exact) mass is 223 g/mol. The van der Waals surface area contributed by atoms with E-state index in [1.807, 2.05) is 18.2 Å². The molecule has 0 bridgehead atoms. The summed E-state index contributed by atoms with van der Waals surface area (Å²) in [5.41, 5.74) is 1.21. The molecule has 0 saturated carbocycles. The van der Waals surface area contributed by atoms with Crippen LogP contribution in [0.25, 0.3) is 0 Å². The van der Waals surface area contributed by atoms with Gasteiger partial charge in [0.2, 0.25) is 0 Å². The van der Waals surface area contributed by atoms with E-state index >= 15 is 0 Å². The average Bonchev–Trinajstić information content (AvgIpc) is 2.35. The molecular weight excluding hydrogens is 202 g/mol. The van der Waals surface area contributed by atoms with Gasteiger partial charge in [-0.1, -0.05) is 25.1 Å². The molecule has 3 nitrogen and oxygen atoms in total. The Labute approximate surface area is 97.8 Å². The fraction of sp³-hybridized carbons (Fsp3) is 0.538. The maximum atomic E-state index is 5.36. The van der Waals surface area contributed by atoms with Gasteiger partial charge >= 0.3 is 0 Å². The molecule has 0 radical (unpaired) electrons. The van der Waals surface area contributed by atoms with E-state index in [2.05, 4.69) is 18.3 Å². The Morgan fingerprint density at radius 2 is 2.00 bits per heavy atom. The Hall–Kier alpha value is -1.06. The number of benzene rings is 1. The smallest absolute Gasteiger partial charge is 0.123 e. The van der Waals surface area contributed by atoms with Gasteiger partial charge in [-0.3, -0.25) is 0 Å². The highest BCUT2D eigenvalue weighted by atomic mass is 16.5. The molecule has 0 aliphatic rings. The van der Waals surface area contributed by atoms with Crippen molar-refractivity contribution in [2.24, 2.45) is 0 Å². The van der Waals surface area contributed by atoms with Gasteiger partial charge in [0.25, 0.3) is 0 Å². The predicted molar refractivity (Wildman–Crippen MR) is 65.9 cm³/mol. The quantitative estimate of drug-likeness (QED) is 0.720. The molecule has 1 N–H and O–H groups in total. The van der Waals surface area contributed by atoms with Gasteiger partial charge in [0.15, 0.2) is 0 Å². The lowest BCUT2D eigenvalue weighted by Gasteiger charge is -2.19. The van der Waals surface area contributed by atoms with Crippen LogP contribution in [0.3, 0.4) is 0 Å². The standard InChI is InChI=1S/C13H21NO2/c1-4-12(14-9-10-15-2)11-7-5-6-8-13(11)16-3/h5-8,12,14H,4,9-10H2,1-3H3. The number of hydrogen-bond acceptors (Lipinski definition) is 3. The fourth-order valence-electron chi connectivity index (χ4n) is 1.76. The summed E-state index contributed by atoms with van der Waals surface area (Å²) >= 11 is 0. The molecule has 1 atom stereocenters. The van der Waals surface area contributed by atoms with Gasteiger partial charge in [-0.2, -0.15) is 0 Å². The SMILES string of the molecule is CCC(NCCOC)c1ccccc1OC. The first-order chi connectivity index (χ1) is 7.83. The zero-order valence-corrected chi connectivity index (χ0v) is 10.3. The summed E-state index contributed by atoms with van der Waals surface area (Å²) in [6.45, 7) is 3.75. The summed E-state index contributed by atoms with van der Waals surface area (Å²) in [7, 11) is 3.42. The average molecular weight is 223 g/mol. The molecule has 1 unspecified atom stereocenters. The molecular formula is C13H21NO2. The predicted octanol–water partition coefficient (Wildman–Crippen LogP) is 2.38. The van der Waals surface area contributed by atoms with Gasteiger partial charge in [-0.25, -0.2) is 0 Å². The Bertz CT molecular complexity index is 302. The molecule has 90 valence electrons. The molecule has 0 aliphatic carbocycles. The second kappa shape index (κ2) is 7.25. The third-order valence-electron chi connectivity index (χ3n) is 2.62. The van der Waals surface area contributed by atoms with Crippen LogP contribution in [0, 0.1) is 0 Å². The van der Waals surface area contributed by atoms with Crippen LogP contribution < -0.4 is 10.1 Å². The molecule has 0 spiro atoms. The maximum absolute atomic E-state index is 5.36. The third kappa shape index (κ3) is 3.51. The van der Waals surface area contributed by atoms with Crippen LogP contribution in [0.4, 0.5) is 0 Å². The number of hydrogen-bond donors (Lipinski definition) is 1. The van der Waals surface area contributed by atoms with Crippen molar-refractivity contribution in [2.45, 2.75) is 19.4 Å². The Kier molecular flexibility index (Phi) is 5.90. The summed E-state index contributed by atoms with van der Waals surface area (Å²) in [4.78, 5) is 0. The van der Waals surface area contributed by atoms with Gasteiger partial charge in [0.05, 0.1) is 13.7 Å². The topological polar surface area (TPSA) is 30.5 Å². The summed E-state index contributed by atoms with van der Waals surface area (Å²) in [5.74, 6) is 0.944. The van der Waals surface area contributed by atoms with Crippen molar-refractivity contribution in [2.75, 3.05) is 27.4 Å². The Balaban J connectivity index is 2.69. The van der Waals surface area contributed by atoms with Crippen LogP contribution in [-0.4, -0.2) is 27.4 Å². The zero-order chi connectivity index (χ0) is 11.8. The molecule has 0 fully saturated rings. The van der Waals surface area contributed by atoms with Crippen molar-refractivity contribution in [1.29, 1.82) is 0 Å². The van der Waals surface area contributed by atoms with Crippen molar-refractivity contribution in [3.8, 4) is 5.75 Å². The highest BCUT2D eigenvalue weighted by Gasteiger charge is 2.12. The van der Waals surface area contributed by atoms with Gasteiger partial charge in [-0.05, 0) is 12.5 Å². The molecule has 0 aromatic heterocycles. The second-order valence-corrected chi connectivity index (χ2v) is 3.65. The van der Waals surface area contributed by atoms with Crippen molar-refractivity contribution < 1.29 is 9.47 Å². The van der Waals surface area contributed by atoms with Gasteiger partial charge in [0, 0.05) is 25.3 Å². The molecule has 0 saturated heterocycles. The minimum Gasteiger partial charge on any atom is -0.496 e. The van der Waals surface area contributed by atoms with E-state index in [1.165, 1.54) is 5.56 Å². The molecule has 1 rings (SSSR count). The van der Waals surface area contributed by atoms with Gasteiger partial charge in [-0.15, -0.1) is 0 Å². The van der Waals surface area contributed by atoms with Crippen LogP contribution in [0.5, 0.6) is 5.75 Å². The van der Waals surface area contributed by atoms with Crippen molar-refractivity contribution in [1.82, 2.24) is 5.32 Å². The number of methoxy groups -OCH3 is 2.